The lowest BCUT2D eigenvalue weighted by Crippen LogP contribution is -2.30. The highest BCUT2D eigenvalue weighted by Gasteiger charge is 2.44. The third kappa shape index (κ3) is 1.29. The summed E-state index contributed by atoms with van der Waals surface area (Å²) < 4.78 is 4.66. The minimum absolute atomic E-state index is 0.00392. The molecule has 1 aliphatic heterocycles. The van der Waals surface area contributed by atoms with Crippen LogP contribution in [-0.4, -0.2) is 17.9 Å². The molecule has 6 heteroatoms. The predicted octanol–water partition coefficient (Wildman–Crippen LogP) is 1.27. The third-order valence-electron chi connectivity index (χ3n) is 3.74. The number of fused-ring (bicyclic) bond motifs is 5. The monoisotopic (exact) mass is 367 g/mol. The summed E-state index contributed by atoms with van der Waals surface area (Å²) >= 11 is 2.31. The van der Waals surface area contributed by atoms with Gasteiger partial charge in [0.1, 0.15) is 0 Å². The van der Waals surface area contributed by atoms with E-state index in [1.807, 2.05) is 30.4 Å². The smallest absolute Gasteiger partial charge is 0.245 e. The Balaban J connectivity index is 2.03. The van der Waals surface area contributed by atoms with Crippen molar-refractivity contribution in [2.45, 2.75) is 16.0 Å². The van der Waals surface area contributed by atoms with Crippen LogP contribution in [0.4, 0.5) is 0 Å². The van der Waals surface area contributed by atoms with Gasteiger partial charge in [0.2, 0.25) is 0 Å². The zero-order valence-electron chi connectivity index (χ0n) is 9.81. The topological polar surface area (TPSA) is 48.9 Å². The highest BCUT2D eigenvalue weighted by atomic mass is 127. The van der Waals surface area contributed by atoms with Crippen LogP contribution in [0, 0.1) is 0 Å². The molecule has 19 heavy (non-hydrogen) atoms. The number of benzene rings is 1. The van der Waals surface area contributed by atoms with Gasteiger partial charge in [-0.25, -0.2) is 23.5 Å². The molecule has 0 amide bonds. The second-order valence-corrected chi connectivity index (χ2v) is 6.17. The van der Waals surface area contributed by atoms with Gasteiger partial charge < -0.3 is 0 Å². The zero-order valence-corrected chi connectivity index (χ0v) is 12.0. The third-order valence-corrected chi connectivity index (χ3v) is 5.22. The minimum atomic E-state index is -0.255. The number of aromatic nitrogens is 3. The fourth-order valence-corrected chi connectivity index (χ4v) is 3.97. The molecule has 2 unspecified atom stereocenters. The van der Waals surface area contributed by atoms with Gasteiger partial charge in [0.25, 0.3) is 0 Å². The molecule has 2 aliphatic rings. The van der Waals surface area contributed by atoms with Gasteiger partial charge in [0.15, 0.2) is 0 Å². The van der Waals surface area contributed by atoms with Gasteiger partial charge in [-0.3, -0.25) is 0 Å². The highest BCUT2D eigenvalue weighted by molar-refractivity contribution is 14.1. The van der Waals surface area contributed by atoms with E-state index in [1.165, 1.54) is 4.57 Å². The van der Waals surface area contributed by atoms with E-state index in [9.17, 15) is 9.59 Å². The minimum Gasteiger partial charge on any atom is -0.245 e. The lowest BCUT2D eigenvalue weighted by molar-refractivity contribution is 0.505. The first-order valence-electron chi connectivity index (χ1n) is 6.04. The standard InChI is InChI=1S/C13H10IN3O2/c14-11-9-6-7-10(11)17-13(19)15(12(18)16(9)17)8-4-2-1-3-5-8/h1-7,9-11H. The fraction of sp³-hybridized carbons (Fsp3) is 0.231. The van der Waals surface area contributed by atoms with Gasteiger partial charge in [-0.1, -0.05) is 52.9 Å². The van der Waals surface area contributed by atoms with Crippen LogP contribution in [-0.2, 0) is 0 Å². The van der Waals surface area contributed by atoms with Crippen molar-refractivity contribution in [3.05, 3.63) is 63.5 Å². The normalized spacial score (nSPS) is 26.9. The maximum Gasteiger partial charge on any atom is 0.352 e. The number of halogens is 1. The first-order chi connectivity index (χ1) is 9.20. The Bertz CT molecular complexity index is 754. The Morgan fingerprint density at radius 2 is 1.42 bits per heavy atom. The summed E-state index contributed by atoms with van der Waals surface area (Å²) in [5, 5.41) is 0. The first kappa shape index (κ1) is 11.3. The van der Waals surface area contributed by atoms with Crippen LogP contribution in [0.1, 0.15) is 12.1 Å². The molecule has 1 aliphatic carbocycles. The van der Waals surface area contributed by atoms with E-state index in [0.717, 1.165) is 0 Å². The summed E-state index contributed by atoms with van der Waals surface area (Å²) in [7, 11) is 0. The Labute approximate surface area is 121 Å². The van der Waals surface area contributed by atoms with Crippen LogP contribution in [0.25, 0.3) is 5.69 Å². The fourth-order valence-electron chi connectivity index (χ4n) is 2.89. The number of rotatable bonds is 1. The molecule has 2 aromatic rings. The molecule has 0 radical (unpaired) electrons. The van der Waals surface area contributed by atoms with Crippen molar-refractivity contribution >= 4 is 22.6 Å². The van der Waals surface area contributed by atoms with Gasteiger partial charge >= 0.3 is 11.4 Å². The molecule has 1 aromatic carbocycles. The van der Waals surface area contributed by atoms with Crippen molar-refractivity contribution in [1.82, 2.24) is 13.9 Å². The molecule has 0 spiro atoms. The zero-order chi connectivity index (χ0) is 13.1. The Kier molecular flexibility index (Phi) is 2.21. The molecule has 2 bridgehead atoms. The van der Waals surface area contributed by atoms with Crippen molar-refractivity contribution in [2.24, 2.45) is 0 Å². The molecule has 1 aromatic heterocycles. The van der Waals surface area contributed by atoms with Crippen molar-refractivity contribution in [3.63, 3.8) is 0 Å². The second-order valence-electron chi connectivity index (χ2n) is 4.74. The van der Waals surface area contributed by atoms with Crippen LogP contribution in [0.5, 0.6) is 0 Å². The predicted molar refractivity (Wildman–Crippen MR) is 79.3 cm³/mol. The van der Waals surface area contributed by atoms with Gasteiger partial charge in [0, 0.05) is 0 Å². The lowest BCUT2D eigenvalue weighted by Gasteiger charge is -2.07. The maximum absolute atomic E-state index is 12.5. The van der Waals surface area contributed by atoms with Crippen molar-refractivity contribution in [2.75, 3.05) is 0 Å². The molecule has 4 rings (SSSR count). The van der Waals surface area contributed by atoms with E-state index < -0.39 is 0 Å². The van der Waals surface area contributed by atoms with Crippen LogP contribution in [0.2, 0.25) is 0 Å². The van der Waals surface area contributed by atoms with E-state index in [2.05, 4.69) is 22.6 Å². The number of alkyl halides is 1. The quantitative estimate of drug-likeness (QED) is 0.433. The molecule has 0 saturated carbocycles. The Hall–Kier alpha value is -1.57. The number of hydrogen-bond acceptors (Lipinski definition) is 2. The molecule has 5 nitrogen and oxygen atoms in total. The molecular formula is C13H10IN3O2. The lowest BCUT2D eigenvalue weighted by atomic mass is 10.2. The van der Waals surface area contributed by atoms with Crippen LogP contribution < -0.4 is 11.4 Å². The number of allylic oxidation sites excluding steroid dienone is 2. The molecule has 96 valence electrons. The molecule has 2 heterocycles. The Morgan fingerprint density at radius 3 is 1.95 bits per heavy atom. The average molecular weight is 367 g/mol. The summed E-state index contributed by atoms with van der Waals surface area (Å²) in [5.41, 5.74) is 0.112. The van der Waals surface area contributed by atoms with E-state index >= 15 is 0 Å². The second kappa shape index (κ2) is 3.72. The SMILES string of the molecule is O=c1n(-c2ccccc2)c(=O)n2n1C1C=CC2C1I. The number of nitrogens with zero attached hydrogens (tertiary/aromatic N) is 3. The van der Waals surface area contributed by atoms with Gasteiger partial charge in [0.05, 0.1) is 21.7 Å². The number of hydrogen-bond donors (Lipinski definition) is 0. The van der Waals surface area contributed by atoms with Gasteiger partial charge in [-0.2, -0.15) is 0 Å². The largest absolute Gasteiger partial charge is 0.352 e. The summed E-state index contributed by atoms with van der Waals surface area (Å²) in [6.45, 7) is 0. The van der Waals surface area contributed by atoms with E-state index in [1.54, 1.807) is 21.5 Å². The maximum atomic E-state index is 12.5. The van der Waals surface area contributed by atoms with Crippen molar-refractivity contribution in [3.8, 4) is 5.69 Å². The van der Waals surface area contributed by atoms with Crippen LogP contribution in [0.3, 0.4) is 0 Å². The summed E-state index contributed by atoms with van der Waals surface area (Å²) in [5.74, 6) is 0. The first-order valence-corrected chi connectivity index (χ1v) is 7.28. The van der Waals surface area contributed by atoms with Crippen molar-refractivity contribution in [1.29, 1.82) is 0 Å². The Morgan fingerprint density at radius 1 is 0.895 bits per heavy atom. The summed E-state index contributed by atoms with van der Waals surface area (Å²) in [6, 6.07) is 9.05. The van der Waals surface area contributed by atoms with Crippen molar-refractivity contribution < 1.29 is 0 Å². The van der Waals surface area contributed by atoms with Crippen LogP contribution in [0.15, 0.2) is 52.1 Å². The van der Waals surface area contributed by atoms with E-state index in [0.29, 0.717) is 5.69 Å². The van der Waals surface area contributed by atoms with E-state index in [4.69, 9.17) is 0 Å². The number of para-hydroxylation sites is 1. The summed E-state index contributed by atoms with van der Waals surface area (Å²) in [6.07, 6.45) is 4.02. The van der Waals surface area contributed by atoms with Crippen LogP contribution >= 0.6 is 22.6 Å². The molecular weight excluding hydrogens is 357 g/mol. The highest BCUT2D eigenvalue weighted by Crippen LogP contribution is 2.41. The molecule has 0 fully saturated rings. The molecule has 0 saturated heterocycles. The average Bonchev–Trinajstić information content (AvgIpc) is 3.01. The molecule has 2 atom stereocenters. The van der Waals surface area contributed by atoms with Gasteiger partial charge in [-0.15, -0.1) is 0 Å². The van der Waals surface area contributed by atoms with Gasteiger partial charge in [-0.05, 0) is 12.1 Å². The summed E-state index contributed by atoms with van der Waals surface area (Å²) in [4.78, 5) is 25.0. The molecule has 0 N–H and O–H groups in total. The van der Waals surface area contributed by atoms with E-state index in [-0.39, 0.29) is 27.4 Å².